The highest BCUT2D eigenvalue weighted by Gasteiger charge is 2.18. The molecule has 0 radical (unpaired) electrons. The predicted molar refractivity (Wildman–Crippen MR) is 101 cm³/mol. The van der Waals surface area contributed by atoms with Gasteiger partial charge in [0.25, 0.3) is 5.56 Å². The average molecular weight is 374 g/mol. The van der Waals surface area contributed by atoms with Gasteiger partial charge < -0.3 is 14.5 Å². The number of ether oxygens (including phenoxy) is 1. The molecular formula is C19H23FN4O3. The summed E-state index contributed by atoms with van der Waals surface area (Å²) < 4.78 is 18.3. The number of nitrogens with zero attached hydrogens (tertiary/aromatic N) is 3. The number of carbonyl (C=O) groups excluding carboxylic acids is 1. The number of hydrogen-bond acceptors (Lipinski definition) is 5. The van der Waals surface area contributed by atoms with Crippen molar-refractivity contribution in [3.8, 4) is 0 Å². The van der Waals surface area contributed by atoms with Gasteiger partial charge in [-0.2, -0.15) is 0 Å². The van der Waals surface area contributed by atoms with E-state index in [1.54, 1.807) is 26.1 Å². The number of hydrogen-bond donors (Lipinski definition) is 1. The van der Waals surface area contributed by atoms with Gasteiger partial charge in [0.1, 0.15) is 5.82 Å². The lowest BCUT2D eigenvalue weighted by molar-refractivity contribution is -0.118. The Labute approximate surface area is 156 Å². The Hall–Kier alpha value is -2.74. The van der Waals surface area contributed by atoms with Gasteiger partial charge in [-0.3, -0.25) is 14.6 Å². The number of carbonyl (C=O) groups is 1. The quantitative estimate of drug-likeness (QED) is 0.861. The lowest BCUT2D eigenvalue weighted by atomic mass is 10.1. The standard InChI is InChI=1S/C19H23FN4O3/c1-13-16(18(26)22-19(21-13)24-9-11-27-12-10-24)7-8-17(25)23(2)15-5-3-14(20)4-6-15/h3-6H,7-12H2,1-2H3,(H,21,22,26). The fourth-order valence-corrected chi connectivity index (χ4v) is 3.02. The summed E-state index contributed by atoms with van der Waals surface area (Å²) in [5, 5.41) is 0. The van der Waals surface area contributed by atoms with Crippen LogP contribution < -0.4 is 15.4 Å². The maximum atomic E-state index is 13.0. The van der Waals surface area contributed by atoms with Crippen molar-refractivity contribution < 1.29 is 13.9 Å². The van der Waals surface area contributed by atoms with Gasteiger partial charge in [-0.1, -0.05) is 0 Å². The van der Waals surface area contributed by atoms with Gasteiger partial charge in [-0.15, -0.1) is 0 Å². The highest BCUT2D eigenvalue weighted by atomic mass is 19.1. The number of benzene rings is 1. The van der Waals surface area contributed by atoms with Crippen LogP contribution in [-0.2, 0) is 16.0 Å². The van der Waals surface area contributed by atoms with Crippen LogP contribution in [0.2, 0.25) is 0 Å². The summed E-state index contributed by atoms with van der Waals surface area (Å²) in [6.07, 6.45) is 0.457. The number of aromatic nitrogens is 2. The number of aromatic amines is 1. The first-order valence-electron chi connectivity index (χ1n) is 8.90. The lowest BCUT2D eigenvalue weighted by Crippen LogP contribution is -2.38. The van der Waals surface area contributed by atoms with Crippen molar-refractivity contribution in [1.29, 1.82) is 0 Å². The van der Waals surface area contributed by atoms with Crippen LogP contribution in [0.4, 0.5) is 16.0 Å². The van der Waals surface area contributed by atoms with Gasteiger partial charge in [0.05, 0.1) is 13.2 Å². The summed E-state index contributed by atoms with van der Waals surface area (Å²) >= 11 is 0. The molecule has 0 bridgehead atoms. The molecule has 1 fully saturated rings. The molecule has 0 unspecified atom stereocenters. The molecule has 144 valence electrons. The van der Waals surface area contributed by atoms with Crippen molar-refractivity contribution in [1.82, 2.24) is 9.97 Å². The van der Waals surface area contributed by atoms with E-state index < -0.39 is 0 Å². The number of amides is 1. The van der Waals surface area contributed by atoms with Crippen molar-refractivity contribution in [2.75, 3.05) is 43.2 Å². The normalized spacial score (nSPS) is 14.3. The minimum absolute atomic E-state index is 0.155. The van der Waals surface area contributed by atoms with E-state index >= 15 is 0 Å². The summed E-state index contributed by atoms with van der Waals surface area (Å²) in [5.41, 5.74) is 1.51. The summed E-state index contributed by atoms with van der Waals surface area (Å²) in [6.45, 7) is 4.36. The van der Waals surface area contributed by atoms with Crippen molar-refractivity contribution >= 4 is 17.5 Å². The van der Waals surface area contributed by atoms with E-state index in [-0.39, 0.29) is 23.7 Å². The molecule has 0 saturated carbocycles. The van der Waals surface area contributed by atoms with Gasteiger partial charge >= 0.3 is 0 Å². The third-order valence-electron chi connectivity index (χ3n) is 4.70. The number of nitrogens with one attached hydrogen (secondary N) is 1. The first-order valence-corrected chi connectivity index (χ1v) is 8.90. The SMILES string of the molecule is Cc1nc(N2CCOCC2)[nH]c(=O)c1CCC(=O)N(C)c1ccc(F)cc1. The van der Waals surface area contributed by atoms with Crippen LogP contribution in [0.25, 0.3) is 0 Å². The summed E-state index contributed by atoms with van der Waals surface area (Å²) in [4.78, 5) is 35.6. The van der Waals surface area contributed by atoms with Crippen molar-refractivity contribution in [3.05, 3.63) is 51.7 Å². The topological polar surface area (TPSA) is 78.5 Å². The minimum Gasteiger partial charge on any atom is -0.378 e. The molecule has 1 N–H and O–H groups in total. The number of H-pyrrole nitrogens is 1. The largest absolute Gasteiger partial charge is 0.378 e. The molecule has 3 rings (SSSR count). The molecule has 1 amide bonds. The Balaban J connectivity index is 1.67. The molecule has 27 heavy (non-hydrogen) atoms. The highest BCUT2D eigenvalue weighted by Crippen LogP contribution is 2.16. The number of aryl methyl sites for hydroxylation is 1. The summed E-state index contributed by atoms with van der Waals surface area (Å²) in [6, 6.07) is 5.71. The Kier molecular flexibility index (Phi) is 5.85. The van der Waals surface area contributed by atoms with Crippen molar-refractivity contribution in [2.45, 2.75) is 19.8 Å². The van der Waals surface area contributed by atoms with Gasteiger partial charge in [-0.05, 0) is 37.6 Å². The zero-order valence-electron chi connectivity index (χ0n) is 15.5. The van der Waals surface area contributed by atoms with Crippen LogP contribution in [0.1, 0.15) is 17.7 Å². The summed E-state index contributed by atoms with van der Waals surface area (Å²) in [7, 11) is 1.63. The monoisotopic (exact) mass is 374 g/mol. The van der Waals surface area contributed by atoms with E-state index in [0.29, 0.717) is 55.6 Å². The Morgan fingerprint density at radius 3 is 2.59 bits per heavy atom. The Bertz CT molecular complexity index is 860. The van der Waals surface area contributed by atoms with Gasteiger partial charge in [0.2, 0.25) is 11.9 Å². The fourth-order valence-electron chi connectivity index (χ4n) is 3.02. The van der Waals surface area contributed by atoms with E-state index in [1.165, 1.54) is 17.0 Å². The number of halogens is 1. The van der Waals surface area contributed by atoms with E-state index in [4.69, 9.17) is 4.74 Å². The Morgan fingerprint density at radius 1 is 1.30 bits per heavy atom. The fraction of sp³-hybridized carbons (Fsp3) is 0.421. The van der Waals surface area contributed by atoms with Gasteiger partial charge in [-0.25, -0.2) is 9.37 Å². The summed E-state index contributed by atoms with van der Waals surface area (Å²) in [5.74, 6) is 0.0326. The number of rotatable bonds is 5. The molecule has 2 aromatic rings. The van der Waals surface area contributed by atoms with Crippen LogP contribution in [0.5, 0.6) is 0 Å². The molecule has 0 aliphatic carbocycles. The van der Waals surface area contributed by atoms with Crippen LogP contribution >= 0.6 is 0 Å². The molecule has 1 aromatic carbocycles. The van der Waals surface area contributed by atoms with Crippen LogP contribution in [0.15, 0.2) is 29.1 Å². The minimum atomic E-state index is -0.354. The molecule has 0 atom stereocenters. The van der Waals surface area contributed by atoms with E-state index in [9.17, 15) is 14.0 Å². The smallest absolute Gasteiger partial charge is 0.255 e. The number of morpholine rings is 1. The van der Waals surface area contributed by atoms with E-state index in [2.05, 4.69) is 9.97 Å². The molecule has 2 heterocycles. The lowest BCUT2D eigenvalue weighted by Gasteiger charge is -2.27. The maximum absolute atomic E-state index is 13.0. The molecule has 1 aliphatic heterocycles. The number of anilines is 2. The zero-order chi connectivity index (χ0) is 19.4. The predicted octanol–water partition coefficient (Wildman–Crippen LogP) is 1.65. The third kappa shape index (κ3) is 4.51. The van der Waals surface area contributed by atoms with Crippen LogP contribution in [0.3, 0.4) is 0 Å². The van der Waals surface area contributed by atoms with Gasteiger partial charge in [0.15, 0.2) is 0 Å². The molecular weight excluding hydrogens is 351 g/mol. The first kappa shape index (κ1) is 19.0. The van der Waals surface area contributed by atoms with E-state index in [1.807, 2.05) is 4.90 Å². The van der Waals surface area contributed by atoms with Crippen LogP contribution in [0, 0.1) is 12.7 Å². The first-order chi connectivity index (χ1) is 13.0. The molecule has 0 spiro atoms. The highest BCUT2D eigenvalue weighted by molar-refractivity contribution is 5.92. The maximum Gasteiger partial charge on any atom is 0.255 e. The Morgan fingerprint density at radius 2 is 1.96 bits per heavy atom. The zero-order valence-corrected chi connectivity index (χ0v) is 15.5. The second kappa shape index (κ2) is 8.30. The molecule has 8 heteroatoms. The average Bonchev–Trinajstić information content (AvgIpc) is 2.67. The molecule has 1 aromatic heterocycles. The molecule has 1 saturated heterocycles. The second-order valence-electron chi connectivity index (χ2n) is 6.48. The molecule has 7 nitrogen and oxygen atoms in total. The van der Waals surface area contributed by atoms with Crippen molar-refractivity contribution in [2.24, 2.45) is 0 Å². The second-order valence-corrected chi connectivity index (χ2v) is 6.48. The van der Waals surface area contributed by atoms with Gasteiger partial charge in [0, 0.05) is 43.5 Å². The van der Waals surface area contributed by atoms with Crippen LogP contribution in [-0.4, -0.2) is 49.2 Å². The third-order valence-corrected chi connectivity index (χ3v) is 4.70. The molecule has 1 aliphatic rings. The van der Waals surface area contributed by atoms with E-state index in [0.717, 1.165) is 0 Å². The van der Waals surface area contributed by atoms with Crippen molar-refractivity contribution in [3.63, 3.8) is 0 Å².